The molecule has 7 N–H and O–H groups in total. The van der Waals surface area contributed by atoms with Crippen LogP contribution in [0.2, 0.25) is 0 Å². The molecule has 11 nitrogen and oxygen atoms in total. The Morgan fingerprint density at radius 1 is 0.714 bits per heavy atom. The highest BCUT2D eigenvalue weighted by molar-refractivity contribution is 5.86. The molecule has 200 valence electrons. The van der Waals surface area contributed by atoms with Crippen LogP contribution in [-0.2, 0) is 24.0 Å². The molecule has 0 spiro atoms. The fourth-order valence-corrected chi connectivity index (χ4v) is 3.33. The molecule has 0 aliphatic rings. The van der Waals surface area contributed by atoms with Gasteiger partial charge < -0.3 is 31.7 Å². The van der Waals surface area contributed by atoms with Gasteiger partial charge in [-0.3, -0.25) is 14.4 Å². The Kier molecular flexibility index (Phi) is 17.7. The monoisotopic (exact) mass is 499 g/mol. The van der Waals surface area contributed by atoms with E-state index in [-0.39, 0.29) is 25.7 Å². The van der Waals surface area contributed by atoms with Crippen LogP contribution in [0.4, 0.5) is 0 Å². The number of aliphatic carboxylic acids is 3. The maximum Gasteiger partial charge on any atom is 0.326 e. The Bertz CT molecular complexity index is 711. The average molecular weight is 500 g/mol. The van der Waals surface area contributed by atoms with Crippen molar-refractivity contribution in [2.24, 2.45) is 5.73 Å². The number of carbonyl (C=O) groups is 5. The lowest BCUT2D eigenvalue weighted by atomic mass is 10.1. The lowest BCUT2D eigenvalue weighted by Gasteiger charge is -2.16. The van der Waals surface area contributed by atoms with Crippen molar-refractivity contribution in [3.05, 3.63) is 12.2 Å². The highest BCUT2D eigenvalue weighted by Gasteiger charge is 2.23. The number of carboxylic acids is 3. The number of carboxylic acid groups (broad SMARTS) is 3. The maximum atomic E-state index is 12.1. The molecule has 0 saturated carbocycles. The fraction of sp³-hybridized carbons (Fsp3) is 0.708. The van der Waals surface area contributed by atoms with Gasteiger partial charge in [0.05, 0.1) is 0 Å². The first-order valence-electron chi connectivity index (χ1n) is 12.3. The number of amides is 2. The van der Waals surface area contributed by atoms with Gasteiger partial charge in [0, 0.05) is 12.8 Å². The first-order chi connectivity index (χ1) is 16.6. The second-order valence-corrected chi connectivity index (χ2v) is 8.56. The molecule has 0 aliphatic heterocycles. The van der Waals surface area contributed by atoms with Crippen molar-refractivity contribution < 1.29 is 39.3 Å². The Hall–Kier alpha value is -2.95. The van der Waals surface area contributed by atoms with Gasteiger partial charge in [-0.05, 0) is 19.3 Å². The minimum atomic E-state index is -1.34. The molecule has 0 saturated heterocycles. The van der Waals surface area contributed by atoms with E-state index < -0.39 is 47.8 Å². The van der Waals surface area contributed by atoms with Crippen LogP contribution in [0.3, 0.4) is 0 Å². The van der Waals surface area contributed by atoms with Gasteiger partial charge in [-0.25, -0.2) is 9.59 Å². The normalized spacial score (nSPS) is 13.7. The predicted octanol–water partition coefficient (Wildman–Crippen LogP) is 2.18. The summed E-state index contributed by atoms with van der Waals surface area (Å²) in [4.78, 5) is 57.6. The molecule has 0 unspecified atom stereocenters. The van der Waals surface area contributed by atoms with Crippen molar-refractivity contribution in [3.8, 4) is 0 Å². The van der Waals surface area contributed by atoms with Crippen LogP contribution in [0.15, 0.2) is 12.2 Å². The molecule has 3 atom stereocenters. The molecular weight excluding hydrogens is 458 g/mol. The Labute approximate surface area is 206 Å². The first kappa shape index (κ1) is 32.0. The molecule has 0 rings (SSSR count). The van der Waals surface area contributed by atoms with Crippen molar-refractivity contribution in [2.45, 2.75) is 109 Å². The molecule has 0 heterocycles. The van der Waals surface area contributed by atoms with Crippen LogP contribution in [0.1, 0.15) is 90.4 Å². The number of hydrogen-bond acceptors (Lipinski definition) is 6. The molecule has 35 heavy (non-hydrogen) atoms. The zero-order valence-electron chi connectivity index (χ0n) is 20.5. The van der Waals surface area contributed by atoms with E-state index >= 15 is 0 Å². The highest BCUT2D eigenvalue weighted by Crippen LogP contribution is 2.11. The van der Waals surface area contributed by atoms with Crippen molar-refractivity contribution in [3.63, 3.8) is 0 Å². The van der Waals surface area contributed by atoms with Gasteiger partial charge in [-0.15, -0.1) is 0 Å². The largest absolute Gasteiger partial charge is 0.480 e. The van der Waals surface area contributed by atoms with Crippen molar-refractivity contribution in [1.29, 1.82) is 0 Å². The Balaban J connectivity index is 4.35. The minimum absolute atomic E-state index is 0.195. The number of unbranched alkanes of at least 4 members (excludes halogenated alkanes) is 8. The van der Waals surface area contributed by atoms with Crippen LogP contribution in [0.25, 0.3) is 0 Å². The molecule has 11 heteroatoms. The van der Waals surface area contributed by atoms with Crippen molar-refractivity contribution in [2.75, 3.05) is 0 Å². The zero-order valence-corrected chi connectivity index (χ0v) is 20.5. The third kappa shape index (κ3) is 17.2. The summed E-state index contributed by atoms with van der Waals surface area (Å²) >= 11 is 0. The molecule has 0 radical (unpaired) electrons. The number of nitrogens with two attached hydrogens (primary N) is 1. The third-order valence-corrected chi connectivity index (χ3v) is 5.43. The van der Waals surface area contributed by atoms with E-state index in [0.29, 0.717) is 6.42 Å². The molecular formula is C24H41N3O8. The molecule has 0 fully saturated rings. The SMILES string of the molecule is CCCCCCCCCCCC(=O)N[C@H](CCC(=O)N[C@@H](C/C=C/[C@@H](N)C(=O)O)C(=O)O)C(=O)O. The molecule has 0 aliphatic carbocycles. The summed E-state index contributed by atoms with van der Waals surface area (Å²) in [6, 6.07) is -3.89. The topological polar surface area (TPSA) is 196 Å². The van der Waals surface area contributed by atoms with Crippen molar-refractivity contribution >= 4 is 29.7 Å². The first-order valence-corrected chi connectivity index (χ1v) is 12.3. The number of hydrogen-bond donors (Lipinski definition) is 6. The molecule has 0 bridgehead atoms. The molecule has 0 aromatic rings. The standard InChI is InChI=1S/C24H41N3O8/c1-2-3-4-5-6-7-8-9-10-14-20(28)27-19(24(34)35)15-16-21(29)26-18(23(32)33)13-11-12-17(25)22(30)31/h11-12,17-19H,2-10,13-16,25H2,1H3,(H,26,29)(H,27,28)(H,30,31)(H,32,33)(H,34,35)/b12-11+/t17-,18+,19-/m1/s1. The summed E-state index contributed by atoms with van der Waals surface area (Å²) in [6.07, 6.45) is 11.7. The van der Waals surface area contributed by atoms with E-state index in [1.54, 1.807) is 0 Å². The Morgan fingerprint density at radius 2 is 1.20 bits per heavy atom. The van der Waals surface area contributed by atoms with E-state index in [4.69, 9.17) is 10.8 Å². The van der Waals surface area contributed by atoms with Gasteiger partial charge in [-0.2, -0.15) is 0 Å². The van der Waals surface area contributed by atoms with Gasteiger partial charge in [0.2, 0.25) is 11.8 Å². The summed E-state index contributed by atoms with van der Waals surface area (Å²) in [5.74, 6) is -5.00. The van der Waals surface area contributed by atoms with E-state index in [0.717, 1.165) is 25.3 Å². The van der Waals surface area contributed by atoms with Crippen LogP contribution < -0.4 is 16.4 Å². The number of carbonyl (C=O) groups excluding carboxylic acids is 2. The van der Waals surface area contributed by atoms with E-state index in [1.807, 2.05) is 0 Å². The summed E-state index contributed by atoms with van der Waals surface area (Å²) in [5, 5.41) is 31.9. The summed E-state index contributed by atoms with van der Waals surface area (Å²) in [6.45, 7) is 2.17. The second kappa shape index (κ2) is 19.4. The lowest BCUT2D eigenvalue weighted by molar-refractivity contribution is -0.143. The summed E-state index contributed by atoms with van der Waals surface area (Å²) in [5.41, 5.74) is 5.29. The summed E-state index contributed by atoms with van der Waals surface area (Å²) < 4.78 is 0. The fourth-order valence-electron chi connectivity index (χ4n) is 3.33. The lowest BCUT2D eigenvalue weighted by Crippen LogP contribution is -2.43. The molecule has 0 aromatic heterocycles. The molecule has 2 amide bonds. The van der Waals surface area contributed by atoms with E-state index in [2.05, 4.69) is 17.6 Å². The second-order valence-electron chi connectivity index (χ2n) is 8.56. The van der Waals surface area contributed by atoms with Crippen LogP contribution in [0, 0.1) is 0 Å². The number of nitrogens with one attached hydrogen (secondary N) is 2. The van der Waals surface area contributed by atoms with E-state index in [1.165, 1.54) is 38.2 Å². The quantitative estimate of drug-likeness (QED) is 0.101. The zero-order chi connectivity index (χ0) is 26.6. The van der Waals surface area contributed by atoms with Crippen LogP contribution >= 0.6 is 0 Å². The van der Waals surface area contributed by atoms with Gasteiger partial charge in [0.25, 0.3) is 0 Å². The molecule has 0 aromatic carbocycles. The average Bonchev–Trinajstić information content (AvgIpc) is 2.79. The van der Waals surface area contributed by atoms with Gasteiger partial charge in [0.15, 0.2) is 0 Å². The maximum absolute atomic E-state index is 12.1. The predicted molar refractivity (Wildman–Crippen MR) is 130 cm³/mol. The van der Waals surface area contributed by atoms with E-state index in [9.17, 15) is 34.2 Å². The smallest absolute Gasteiger partial charge is 0.326 e. The van der Waals surface area contributed by atoms with Crippen LogP contribution in [0.5, 0.6) is 0 Å². The number of rotatable bonds is 21. The van der Waals surface area contributed by atoms with Crippen molar-refractivity contribution in [1.82, 2.24) is 10.6 Å². The third-order valence-electron chi connectivity index (χ3n) is 5.43. The Morgan fingerprint density at radius 3 is 1.71 bits per heavy atom. The minimum Gasteiger partial charge on any atom is -0.480 e. The van der Waals surface area contributed by atoms with Gasteiger partial charge >= 0.3 is 17.9 Å². The van der Waals surface area contributed by atoms with Gasteiger partial charge in [0.1, 0.15) is 18.1 Å². The highest BCUT2D eigenvalue weighted by atomic mass is 16.4. The summed E-state index contributed by atoms with van der Waals surface area (Å²) in [7, 11) is 0. The van der Waals surface area contributed by atoms with Crippen LogP contribution in [-0.4, -0.2) is 63.2 Å². The van der Waals surface area contributed by atoms with Gasteiger partial charge in [-0.1, -0.05) is 70.4 Å².